The SMILES string of the molecule is CCCCNC(=S)NC1C(C)CCCC1C. The first-order chi connectivity index (χ1) is 7.65. The van der Waals surface area contributed by atoms with Crippen molar-refractivity contribution in [3.63, 3.8) is 0 Å². The molecule has 0 aliphatic heterocycles. The molecule has 0 amide bonds. The molecule has 0 heterocycles. The maximum Gasteiger partial charge on any atom is 0.166 e. The van der Waals surface area contributed by atoms with Crippen molar-refractivity contribution in [3.05, 3.63) is 0 Å². The Kier molecular flexibility index (Phi) is 6.10. The number of unbranched alkanes of at least 4 members (excludes halogenated alkanes) is 1. The summed E-state index contributed by atoms with van der Waals surface area (Å²) in [5.74, 6) is 1.49. The van der Waals surface area contributed by atoms with E-state index in [4.69, 9.17) is 12.2 Å². The topological polar surface area (TPSA) is 24.1 Å². The Morgan fingerprint density at radius 1 is 1.25 bits per heavy atom. The number of hydrogen-bond donors (Lipinski definition) is 2. The molecule has 94 valence electrons. The van der Waals surface area contributed by atoms with Gasteiger partial charge in [0.25, 0.3) is 0 Å². The van der Waals surface area contributed by atoms with E-state index in [0.717, 1.165) is 23.5 Å². The third-order valence-corrected chi connectivity index (χ3v) is 3.92. The van der Waals surface area contributed by atoms with Gasteiger partial charge < -0.3 is 10.6 Å². The summed E-state index contributed by atoms with van der Waals surface area (Å²) in [6.07, 6.45) is 6.44. The molecule has 0 spiro atoms. The van der Waals surface area contributed by atoms with Crippen LogP contribution >= 0.6 is 12.2 Å². The van der Waals surface area contributed by atoms with E-state index in [1.807, 2.05) is 0 Å². The molecule has 1 aliphatic carbocycles. The Labute approximate surface area is 106 Å². The first kappa shape index (κ1) is 13.8. The van der Waals surface area contributed by atoms with Crippen LogP contribution in [0.1, 0.15) is 52.9 Å². The summed E-state index contributed by atoms with van der Waals surface area (Å²) < 4.78 is 0. The van der Waals surface area contributed by atoms with E-state index in [9.17, 15) is 0 Å². The number of rotatable bonds is 4. The molecular formula is C13H26N2S. The molecule has 0 bridgehead atoms. The van der Waals surface area contributed by atoms with E-state index < -0.39 is 0 Å². The van der Waals surface area contributed by atoms with Gasteiger partial charge in [-0.15, -0.1) is 0 Å². The molecule has 0 saturated heterocycles. The van der Waals surface area contributed by atoms with Crippen LogP contribution in [0.2, 0.25) is 0 Å². The van der Waals surface area contributed by atoms with Crippen molar-refractivity contribution in [2.45, 2.75) is 58.9 Å². The van der Waals surface area contributed by atoms with Crippen LogP contribution in [0.5, 0.6) is 0 Å². The molecule has 3 heteroatoms. The first-order valence-corrected chi connectivity index (χ1v) is 7.10. The van der Waals surface area contributed by atoms with Gasteiger partial charge in [-0.25, -0.2) is 0 Å². The largest absolute Gasteiger partial charge is 0.363 e. The highest BCUT2D eigenvalue weighted by atomic mass is 32.1. The summed E-state index contributed by atoms with van der Waals surface area (Å²) in [5.41, 5.74) is 0. The molecule has 2 unspecified atom stereocenters. The van der Waals surface area contributed by atoms with Crippen LogP contribution < -0.4 is 10.6 Å². The van der Waals surface area contributed by atoms with Crippen LogP contribution in [-0.2, 0) is 0 Å². The minimum Gasteiger partial charge on any atom is -0.363 e. The lowest BCUT2D eigenvalue weighted by atomic mass is 9.79. The van der Waals surface area contributed by atoms with E-state index in [1.165, 1.54) is 32.1 Å². The second kappa shape index (κ2) is 7.10. The highest BCUT2D eigenvalue weighted by molar-refractivity contribution is 7.80. The Balaban J connectivity index is 2.30. The maximum absolute atomic E-state index is 5.33. The van der Waals surface area contributed by atoms with Gasteiger partial charge in [0.2, 0.25) is 0 Å². The zero-order valence-electron chi connectivity index (χ0n) is 10.9. The molecule has 0 aromatic rings. The standard InChI is InChI=1S/C13H26N2S/c1-4-5-9-14-13(16)15-12-10(2)7-6-8-11(12)3/h10-12H,4-9H2,1-3H3,(H2,14,15,16). The quantitative estimate of drug-likeness (QED) is 0.585. The monoisotopic (exact) mass is 242 g/mol. The molecule has 16 heavy (non-hydrogen) atoms. The van der Waals surface area contributed by atoms with Crippen molar-refractivity contribution in [2.75, 3.05) is 6.54 Å². The normalized spacial score (nSPS) is 29.8. The van der Waals surface area contributed by atoms with Crippen molar-refractivity contribution >= 4 is 17.3 Å². The first-order valence-electron chi connectivity index (χ1n) is 6.69. The zero-order valence-corrected chi connectivity index (χ0v) is 11.7. The summed E-state index contributed by atoms with van der Waals surface area (Å²) in [6, 6.07) is 0.565. The smallest absolute Gasteiger partial charge is 0.166 e. The zero-order chi connectivity index (χ0) is 12.0. The Morgan fingerprint density at radius 3 is 2.44 bits per heavy atom. The molecule has 0 radical (unpaired) electrons. The Bertz CT molecular complexity index is 208. The predicted molar refractivity (Wildman–Crippen MR) is 74.6 cm³/mol. The van der Waals surface area contributed by atoms with Gasteiger partial charge in [-0.05, 0) is 43.3 Å². The van der Waals surface area contributed by atoms with E-state index >= 15 is 0 Å². The summed E-state index contributed by atoms with van der Waals surface area (Å²) in [4.78, 5) is 0. The molecular weight excluding hydrogens is 216 g/mol. The molecule has 0 aromatic carbocycles. The lowest BCUT2D eigenvalue weighted by molar-refractivity contribution is 0.231. The minimum absolute atomic E-state index is 0.565. The maximum atomic E-state index is 5.33. The fraction of sp³-hybridized carbons (Fsp3) is 0.923. The van der Waals surface area contributed by atoms with E-state index in [2.05, 4.69) is 31.4 Å². The molecule has 2 nitrogen and oxygen atoms in total. The highest BCUT2D eigenvalue weighted by Crippen LogP contribution is 2.28. The molecule has 2 atom stereocenters. The van der Waals surface area contributed by atoms with Crippen LogP contribution in [-0.4, -0.2) is 17.7 Å². The van der Waals surface area contributed by atoms with Crippen molar-refractivity contribution in [1.82, 2.24) is 10.6 Å². The highest BCUT2D eigenvalue weighted by Gasteiger charge is 2.27. The minimum atomic E-state index is 0.565. The summed E-state index contributed by atoms with van der Waals surface area (Å²) in [7, 11) is 0. The molecule has 1 saturated carbocycles. The third-order valence-electron chi connectivity index (χ3n) is 3.66. The average molecular weight is 242 g/mol. The lowest BCUT2D eigenvalue weighted by Crippen LogP contribution is -2.49. The van der Waals surface area contributed by atoms with Crippen LogP contribution in [0.15, 0.2) is 0 Å². The summed E-state index contributed by atoms with van der Waals surface area (Å²) in [6.45, 7) is 7.87. The van der Waals surface area contributed by atoms with Crippen molar-refractivity contribution < 1.29 is 0 Å². The molecule has 2 N–H and O–H groups in total. The third kappa shape index (κ3) is 4.28. The second-order valence-corrected chi connectivity index (χ2v) is 5.57. The van der Waals surface area contributed by atoms with Crippen molar-refractivity contribution in [3.8, 4) is 0 Å². The van der Waals surface area contributed by atoms with E-state index in [1.54, 1.807) is 0 Å². The number of hydrogen-bond acceptors (Lipinski definition) is 1. The van der Waals surface area contributed by atoms with Crippen LogP contribution in [0.4, 0.5) is 0 Å². The van der Waals surface area contributed by atoms with Gasteiger partial charge in [0.05, 0.1) is 0 Å². The predicted octanol–water partition coefficient (Wildman–Crippen LogP) is 3.08. The fourth-order valence-electron chi connectivity index (χ4n) is 2.55. The molecule has 1 aliphatic rings. The lowest BCUT2D eigenvalue weighted by Gasteiger charge is -2.36. The van der Waals surface area contributed by atoms with E-state index in [0.29, 0.717) is 6.04 Å². The van der Waals surface area contributed by atoms with Gasteiger partial charge in [-0.2, -0.15) is 0 Å². The second-order valence-electron chi connectivity index (χ2n) is 5.17. The van der Waals surface area contributed by atoms with Gasteiger partial charge in [-0.3, -0.25) is 0 Å². The molecule has 1 fully saturated rings. The van der Waals surface area contributed by atoms with Gasteiger partial charge in [-0.1, -0.05) is 33.6 Å². The van der Waals surface area contributed by atoms with Crippen LogP contribution in [0.3, 0.4) is 0 Å². The average Bonchev–Trinajstić information content (AvgIpc) is 2.24. The fourth-order valence-corrected chi connectivity index (χ4v) is 2.79. The van der Waals surface area contributed by atoms with E-state index in [-0.39, 0.29) is 0 Å². The number of nitrogens with one attached hydrogen (secondary N) is 2. The van der Waals surface area contributed by atoms with Crippen LogP contribution in [0.25, 0.3) is 0 Å². The van der Waals surface area contributed by atoms with Gasteiger partial charge >= 0.3 is 0 Å². The Morgan fingerprint density at radius 2 is 1.88 bits per heavy atom. The summed E-state index contributed by atoms with van der Waals surface area (Å²) in [5, 5.41) is 7.64. The number of thiocarbonyl (C=S) groups is 1. The van der Waals surface area contributed by atoms with Gasteiger partial charge in [0, 0.05) is 12.6 Å². The summed E-state index contributed by atoms with van der Waals surface area (Å²) >= 11 is 5.33. The van der Waals surface area contributed by atoms with Crippen LogP contribution in [0, 0.1) is 11.8 Å². The van der Waals surface area contributed by atoms with Gasteiger partial charge in [0.15, 0.2) is 5.11 Å². The molecule has 0 aromatic heterocycles. The Hall–Kier alpha value is -0.310. The molecule has 1 rings (SSSR count). The van der Waals surface area contributed by atoms with Crippen molar-refractivity contribution in [2.24, 2.45) is 11.8 Å². The van der Waals surface area contributed by atoms with Gasteiger partial charge in [0.1, 0.15) is 0 Å². The van der Waals surface area contributed by atoms with Crippen molar-refractivity contribution in [1.29, 1.82) is 0 Å².